The van der Waals surface area contributed by atoms with Gasteiger partial charge in [0.1, 0.15) is 42.2 Å². The Hall–Kier alpha value is -15.8. The van der Waals surface area contributed by atoms with Crippen molar-refractivity contribution in [2.24, 2.45) is 0 Å². The Morgan fingerprint density at radius 1 is 0.292 bits per heavy atom. The van der Waals surface area contributed by atoms with Crippen LogP contribution in [0.5, 0.6) is 11.5 Å². The molecule has 0 fully saturated rings. The Kier molecular flexibility index (Phi) is 21.9. The van der Waals surface area contributed by atoms with Gasteiger partial charge in [0.25, 0.3) is 0 Å². The van der Waals surface area contributed by atoms with Crippen LogP contribution < -0.4 is 19.3 Å². The Labute approximate surface area is 759 Å². The Morgan fingerprint density at radius 3 is 0.969 bits per heavy atom. The van der Waals surface area contributed by atoms with Gasteiger partial charge in [0.05, 0.1) is 16.4 Å². The number of nitrogens with zero attached hydrogens (tertiary/aromatic N) is 2. The van der Waals surface area contributed by atoms with Crippen molar-refractivity contribution in [1.82, 2.24) is 0 Å². The van der Waals surface area contributed by atoms with Crippen molar-refractivity contribution in [2.75, 3.05) is 9.80 Å². The predicted molar refractivity (Wildman–Crippen MR) is 533 cm³/mol. The van der Waals surface area contributed by atoms with Gasteiger partial charge in [-0.15, -0.1) is 0 Å². The van der Waals surface area contributed by atoms with E-state index in [-0.39, 0.29) is 11.4 Å². The highest BCUT2D eigenvalue weighted by Crippen LogP contribution is 2.60. The molecule has 130 heavy (non-hydrogen) atoms. The number of rotatable bonds is 24. The Balaban J connectivity index is 0.635. The molecular weight excluding hydrogens is 1590 g/mol. The van der Waals surface area contributed by atoms with Crippen LogP contribution in [0.25, 0.3) is 95.6 Å². The zero-order valence-electron chi connectivity index (χ0n) is 73.1. The van der Waals surface area contributed by atoms with Gasteiger partial charge in [0.2, 0.25) is 0 Å². The maximum absolute atomic E-state index is 16.1. The summed E-state index contributed by atoms with van der Waals surface area (Å²) in [5, 5.41) is 0. The summed E-state index contributed by atoms with van der Waals surface area (Å²) in [7, 11) is 0. The molecule has 2 atom stereocenters. The molecule has 0 bridgehead atoms. The zero-order chi connectivity index (χ0) is 88.9. The number of ether oxygens (including phenoxy) is 2. The lowest BCUT2D eigenvalue weighted by molar-refractivity contribution is 0.306. The quantitative estimate of drug-likeness (QED) is 0.0602. The fraction of sp³-hybridized carbons (Fsp3) is 0.0732. The SMILES string of the molecule is C=Cc1ccc(COc2ccc(C3(c4cc(C)ccc4C)c4ccccc4-c4ccc(-c5ccc(N(c6ccc(-c7ccc(N(c8ccc(-c9ccc%10c(c9)C(c9ccc(OCc%11ccc(C=C)cc%11)cc9)(c9cc(C)ccc9C)c9ccccc9-%10)cc8)c8ccc(-c9c(F)cccc9C(=C)C)cc8)cc7)cc6)c6ccc(-c7c(F)cccc7F)cc6)cc5)cc43)cc2)cc1. The van der Waals surface area contributed by atoms with Crippen molar-refractivity contribution < 1.29 is 22.6 Å². The van der Waals surface area contributed by atoms with E-state index in [1.165, 1.54) is 102 Å². The first-order valence-corrected chi connectivity index (χ1v) is 44.2. The maximum Gasteiger partial charge on any atom is 0.133 e. The van der Waals surface area contributed by atoms with Crippen LogP contribution in [-0.4, -0.2) is 0 Å². The third kappa shape index (κ3) is 15.0. The second-order valence-corrected chi connectivity index (χ2v) is 34.3. The van der Waals surface area contributed by atoms with Crippen LogP contribution in [0.4, 0.5) is 47.3 Å². The molecule has 2 aliphatic carbocycles. The van der Waals surface area contributed by atoms with E-state index in [0.717, 1.165) is 129 Å². The molecule has 7 heteroatoms. The van der Waals surface area contributed by atoms with E-state index in [2.05, 4.69) is 385 Å². The maximum atomic E-state index is 16.1. The van der Waals surface area contributed by atoms with E-state index in [1.54, 1.807) is 18.2 Å². The number of halogens is 3. The van der Waals surface area contributed by atoms with E-state index in [4.69, 9.17) is 9.47 Å². The smallest absolute Gasteiger partial charge is 0.133 e. The van der Waals surface area contributed by atoms with Gasteiger partial charge in [-0.1, -0.05) is 322 Å². The van der Waals surface area contributed by atoms with Crippen molar-refractivity contribution in [3.05, 3.63) is 532 Å². The van der Waals surface area contributed by atoms with Gasteiger partial charge < -0.3 is 19.3 Å². The van der Waals surface area contributed by atoms with Gasteiger partial charge in [-0.2, -0.15) is 0 Å². The number of benzene rings is 18. The summed E-state index contributed by atoms with van der Waals surface area (Å²) >= 11 is 0. The normalized spacial score (nSPS) is 13.9. The van der Waals surface area contributed by atoms with Crippen LogP contribution >= 0.6 is 0 Å². The number of anilines is 6. The van der Waals surface area contributed by atoms with Crippen molar-refractivity contribution in [3.63, 3.8) is 0 Å². The van der Waals surface area contributed by atoms with Crippen LogP contribution in [0.2, 0.25) is 0 Å². The lowest BCUT2D eigenvalue weighted by Gasteiger charge is -2.35. The van der Waals surface area contributed by atoms with Crippen molar-refractivity contribution >= 4 is 51.8 Å². The molecule has 2 unspecified atom stereocenters. The van der Waals surface area contributed by atoms with Crippen molar-refractivity contribution in [1.29, 1.82) is 0 Å². The molecule has 0 spiro atoms. The molecule has 2 aliphatic rings. The Morgan fingerprint density at radius 2 is 0.608 bits per heavy atom. The first-order chi connectivity index (χ1) is 63.5. The van der Waals surface area contributed by atoms with Crippen LogP contribution in [0.1, 0.15) is 102 Å². The number of fused-ring (bicyclic) bond motifs is 6. The minimum absolute atomic E-state index is 0.0776. The molecule has 0 aliphatic heterocycles. The van der Waals surface area contributed by atoms with Gasteiger partial charge in [0.15, 0.2) is 0 Å². The zero-order valence-corrected chi connectivity index (χ0v) is 73.1. The second kappa shape index (κ2) is 34.5. The average molecular weight is 1690 g/mol. The molecule has 0 saturated carbocycles. The minimum Gasteiger partial charge on any atom is -0.489 e. The number of hydrogen-bond acceptors (Lipinski definition) is 4. The molecule has 0 heterocycles. The minimum atomic E-state index is -0.683. The van der Waals surface area contributed by atoms with Gasteiger partial charge in [-0.25, -0.2) is 13.2 Å². The Bertz CT molecular complexity index is 7350. The molecule has 0 radical (unpaired) electrons. The number of allylic oxidation sites excluding steroid dienone is 1. The summed E-state index contributed by atoms with van der Waals surface area (Å²) in [4.78, 5) is 4.43. The summed E-state index contributed by atoms with van der Waals surface area (Å²) in [5.41, 5.74) is 36.7. The fourth-order valence-electron chi connectivity index (χ4n) is 19.8. The molecule has 4 nitrogen and oxygen atoms in total. The monoisotopic (exact) mass is 1690 g/mol. The van der Waals surface area contributed by atoms with Gasteiger partial charge in [-0.05, 0) is 312 Å². The molecule has 628 valence electrons. The molecule has 0 N–H and O–H groups in total. The third-order valence-electron chi connectivity index (χ3n) is 26.3. The van der Waals surface area contributed by atoms with E-state index < -0.39 is 22.5 Å². The van der Waals surface area contributed by atoms with Crippen LogP contribution in [0.15, 0.2) is 420 Å². The van der Waals surface area contributed by atoms with Gasteiger partial charge >= 0.3 is 0 Å². The third-order valence-corrected chi connectivity index (χ3v) is 26.3. The molecule has 0 aromatic heterocycles. The highest BCUT2D eigenvalue weighted by Gasteiger charge is 2.49. The molecule has 0 amide bonds. The average Bonchev–Trinajstić information content (AvgIpc) is 1.53. The van der Waals surface area contributed by atoms with E-state index >= 15 is 13.2 Å². The largest absolute Gasteiger partial charge is 0.489 e. The molecule has 18 aromatic rings. The molecule has 0 saturated heterocycles. The standard InChI is InChI=1S/C123H93F3N2O2/c1-9-84-29-33-86(34-30-84)77-129-104-67-51-96(52-68-104)122(113-73-80(5)25-27-82(113)7)111-20-13-11-17-107(111)109-71-49-94(75-115(109)122)90-41-59-100(60-42-90)127(102-63-45-92(46-64-102)120-106(79(3)4)19-15-22-117(120)124)98-55-37-88(38-56-98)89-39-57-99(58-40-89)128(103-65-47-93(48-66-103)121-118(125)23-16-24-119(121)126)101-61-43-91(44-62-101)95-50-72-110-108-18-12-14-21-112(108)123(116(110)76-95,114-74-81(6)26-28-83(114)8)97-53-69-105(70-54-97)130-78-87-35-31-85(10-2)32-36-87/h9-76H,1-3,77-78H2,4-8H3. The lowest BCUT2D eigenvalue weighted by atomic mass is 9.66. The van der Waals surface area contributed by atoms with E-state index in [1.807, 2.05) is 49.4 Å². The highest BCUT2D eigenvalue weighted by atomic mass is 19.1. The van der Waals surface area contributed by atoms with Crippen molar-refractivity contribution in [3.8, 4) is 89.4 Å². The van der Waals surface area contributed by atoms with Gasteiger partial charge in [-0.3, -0.25) is 0 Å². The highest BCUT2D eigenvalue weighted by molar-refractivity contribution is 5.93. The summed E-state index contributed by atoms with van der Waals surface area (Å²) in [6, 6.07) is 139. The van der Waals surface area contributed by atoms with Gasteiger partial charge in [0, 0.05) is 39.7 Å². The number of aryl methyl sites for hydroxylation is 4. The van der Waals surface area contributed by atoms with Crippen LogP contribution in [0, 0.1) is 45.1 Å². The summed E-state index contributed by atoms with van der Waals surface area (Å²) in [5.74, 6) is 0.00859. The van der Waals surface area contributed by atoms with Crippen molar-refractivity contribution in [2.45, 2.75) is 58.7 Å². The summed E-state index contributed by atoms with van der Waals surface area (Å²) < 4.78 is 60.0. The molecule has 18 aromatic carbocycles. The second-order valence-electron chi connectivity index (χ2n) is 34.3. The summed E-state index contributed by atoms with van der Waals surface area (Å²) in [6.07, 6.45) is 3.70. The first-order valence-electron chi connectivity index (χ1n) is 44.2. The first kappa shape index (κ1) is 82.5. The molecule has 20 rings (SSSR count). The van der Waals surface area contributed by atoms with Crippen LogP contribution in [0.3, 0.4) is 0 Å². The summed E-state index contributed by atoms with van der Waals surface area (Å²) in [6.45, 7) is 23.7. The van der Waals surface area contributed by atoms with E-state index in [9.17, 15) is 0 Å². The van der Waals surface area contributed by atoms with Crippen LogP contribution in [-0.2, 0) is 24.0 Å². The topological polar surface area (TPSA) is 24.9 Å². The van der Waals surface area contributed by atoms with E-state index in [0.29, 0.717) is 24.3 Å². The number of hydrogen-bond donors (Lipinski definition) is 0. The molecular formula is C123H93F3N2O2. The fourth-order valence-corrected chi connectivity index (χ4v) is 19.8. The lowest BCUT2D eigenvalue weighted by Crippen LogP contribution is -2.29. The predicted octanol–water partition coefficient (Wildman–Crippen LogP) is 32.8.